The maximum Gasteiger partial charge on any atom is 0.352 e. The molecule has 0 saturated carbocycles. The monoisotopic (exact) mass is 687 g/mol. The van der Waals surface area contributed by atoms with Crippen LogP contribution in [0.25, 0.3) is 0 Å². The van der Waals surface area contributed by atoms with Gasteiger partial charge >= 0.3 is 11.9 Å². The standard InChI is InChI=1S/C26H24Cl2N4O8S3/c27-14-1-2-16(28)18(7-14)42-12-20(35)30-21-23(36)32-22(26(39)40)13(11-43-24(21)32)10-41-15-3-5-31(6-4-15)8-19(34)29-17(9-33)25(37)38/h1-7,17,21,24,33H,8-12H2,(H3-,29,30,34,35,37,38,39,40)/p+1/t17?,21-,24-/m1/s1. The average Bonchev–Trinajstić information content (AvgIpc) is 2.97. The van der Waals surface area contributed by atoms with E-state index < -0.39 is 53.7 Å². The van der Waals surface area contributed by atoms with Crippen molar-refractivity contribution in [2.24, 2.45) is 0 Å². The van der Waals surface area contributed by atoms with Gasteiger partial charge in [-0.25, -0.2) is 9.59 Å². The van der Waals surface area contributed by atoms with Gasteiger partial charge in [0.05, 0.1) is 17.4 Å². The lowest BCUT2D eigenvalue weighted by molar-refractivity contribution is -0.684. The molecule has 0 aliphatic carbocycles. The number of amides is 3. The van der Waals surface area contributed by atoms with Crippen molar-refractivity contribution in [1.82, 2.24) is 15.5 Å². The number of carbonyl (C=O) groups excluding carboxylic acids is 3. The fourth-order valence-electron chi connectivity index (χ4n) is 4.15. The number of β-lactam (4-membered cyclic amide) rings is 1. The molecule has 1 saturated heterocycles. The minimum Gasteiger partial charge on any atom is -0.480 e. The number of hydrogen-bond acceptors (Lipinski definition) is 9. The smallest absolute Gasteiger partial charge is 0.352 e. The minimum atomic E-state index is -1.39. The zero-order valence-corrected chi connectivity index (χ0v) is 26.0. The average molecular weight is 689 g/mol. The van der Waals surface area contributed by atoms with Crippen LogP contribution in [0.4, 0.5) is 0 Å². The molecule has 1 aromatic carbocycles. The van der Waals surface area contributed by atoms with Crippen LogP contribution in [0, 0.1) is 0 Å². The predicted molar refractivity (Wildman–Crippen MR) is 161 cm³/mol. The Hall–Kier alpha value is -2.95. The van der Waals surface area contributed by atoms with Crippen LogP contribution in [0.15, 0.2) is 63.8 Å². The molecule has 3 heterocycles. The minimum absolute atomic E-state index is 0.00198. The Morgan fingerprint density at radius 1 is 1.09 bits per heavy atom. The number of aromatic nitrogens is 1. The molecule has 228 valence electrons. The Bertz CT molecular complexity index is 1480. The first-order chi connectivity index (χ1) is 20.5. The van der Waals surface area contributed by atoms with Gasteiger partial charge in [0.1, 0.15) is 17.1 Å². The van der Waals surface area contributed by atoms with Crippen LogP contribution < -0.4 is 15.2 Å². The number of aliphatic carboxylic acids is 2. The lowest BCUT2D eigenvalue weighted by atomic mass is 10.0. The van der Waals surface area contributed by atoms with E-state index in [1.165, 1.54) is 44.8 Å². The van der Waals surface area contributed by atoms with E-state index in [9.17, 15) is 29.1 Å². The van der Waals surface area contributed by atoms with E-state index in [-0.39, 0.29) is 18.0 Å². The van der Waals surface area contributed by atoms with Crippen molar-refractivity contribution < 1.29 is 43.9 Å². The Kier molecular flexibility index (Phi) is 11.3. The van der Waals surface area contributed by atoms with Gasteiger partial charge < -0.3 is 26.0 Å². The number of carbonyl (C=O) groups is 5. The van der Waals surface area contributed by atoms with Crippen molar-refractivity contribution in [2.75, 3.05) is 23.9 Å². The molecule has 5 N–H and O–H groups in total. The van der Waals surface area contributed by atoms with Gasteiger partial charge in [0, 0.05) is 38.5 Å². The maximum absolute atomic E-state index is 13.0. The zero-order chi connectivity index (χ0) is 31.3. The normalized spacial score (nSPS) is 18.4. The Morgan fingerprint density at radius 3 is 2.47 bits per heavy atom. The SMILES string of the molecule is O=C(C[n+]1ccc(SCC2=C(C(=O)O)N3C(=O)[C@@H](NC(=O)CSc4cc(Cl)ccc4Cl)[C@H]3SC2)cc1)NC(CO)C(=O)O. The molecule has 2 aliphatic rings. The highest BCUT2D eigenvalue weighted by Crippen LogP contribution is 2.41. The topological polar surface area (TPSA) is 177 Å². The van der Waals surface area contributed by atoms with Crippen molar-refractivity contribution in [2.45, 2.75) is 33.8 Å². The molecule has 0 radical (unpaired) electrons. The Balaban J connectivity index is 1.32. The Labute approximate surface area is 268 Å². The van der Waals surface area contributed by atoms with Gasteiger partial charge in [-0.2, -0.15) is 4.57 Å². The van der Waals surface area contributed by atoms with Crippen LogP contribution in [-0.4, -0.2) is 91.2 Å². The van der Waals surface area contributed by atoms with Gasteiger partial charge in [-0.05, 0) is 23.8 Å². The van der Waals surface area contributed by atoms with Crippen LogP contribution >= 0.6 is 58.5 Å². The molecule has 3 atom stereocenters. The largest absolute Gasteiger partial charge is 0.480 e. The summed E-state index contributed by atoms with van der Waals surface area (Å²) in [7, 11) is 0. The van der Waals surface area contributed by atoms with E-state index >= 15 is 0 Å². The lowest BCUT2D eigenvalue weighted by Crippen LogP contribution is -2.70. The predicted octanol–water partition coefficient (Wildman–Crippen LogP) is 1.47. The summed E-state index contributed by atoms with van der Waals surface area (Å²) in [5.74, 6) is -3.41. The first kappa shape index (κ1) is 33.0. The molecular formula is C26H25Cl2N4O8S3+. The third-order valence-corrected chi connectivity index (χ3v) is 10.4. The van der Waals surface area contributed by atoms with Gasteiger partial charge in [0.15, 0.2) is 18.4 Å². The third-order valence-electron chi connectivity index (χ3n) is 6.23. The van der Waals surface area contributed by atoms with E-state index in [2.05, 4.69) is 10.6 Å². The van der Waals surface area contributed by atoms with Crippen molar-refractivity contribution in [3.8, 4) is 0 Å². The number of pyridine rings is 1. The molecule has 3 amide bonds. The third kappa shape index (κ3) is 8.16. The number of benzene rings is 1. The van der Waals surface area contributed by atoms with E-state index in [4.69, 9.17) is 33.4 Å². The molecular weight excluding hydrogens is 663 g/mol. The van der Waals surface area contributed by atoms with Crippen molar-refractivity contribution >= 4 is 88.1 Å². The summed E-state index contributed by atoms with van der Waals surface area (Å²) in [6, 6.07) is 6.10. The zero-order valence-electron chi connectivity index (χ0n) is 22.1. The lowest BCUT2D eigenvalue weighted by Gasteiger charge is -2.49. The van der Waals surface area contributed by atoms with Gasteiger partial charge in [0.2, 0.25) is 12.5 Å². The molecule has 43 heavy (non-hydrogen) atoms. The number of hydrogen-bond donors (Lipinski definition) is 5. The fraction of sp³-hybridized carbons (Fsp3) is 0.308. The summed E-state index contributed by atoms with van der Waals surface area (Å²) in [5.41, 5.74) is 0.467. The van der Waals surface area contributed by atoms with Crippen LogP contribution in [0.5, 0.6) is 0 Å². The molecule has 4 rings (SSSR count). The maximum atomic E-state index is 13.0. The molecule has 1 unspecified atom stereocenters. The van der Waals surface area contributed by atoms with Crippen LogP contribution in [0.2, 0.25) is 10.0 Å². The van der Waals surface area contributed by atoms with E-state index in [1.54, 1.807) is 42.7 Å². The number of aliphatic hydroxyl groups excluding tert-OH is 1. The molecule has 12 nitrogen and oxygen atoms in total. The van der Waals surface area contributed by atoms with Gasteiger partial charge in [0.25, 0.3) is 11.8 Å². The number of halogens is 2. The molecule has 1 aromatic heterocycles. The first-order valence-corrected chi connectivity index (χ1v) is 16.3. The summed E-state index contributed by atoms with van der Waals surface area (Å²) in [6.07, 6.45) is 3.22. The van der Waals surface area contributed by atoms with Gasteiger partial charge in [-0.1, -0.05) is 23.2 Å². The van der Waals surface area contributed by atoms with Crippen LogP contribution in [-0.2, 0) is 30.5 Å². The van der Waals surface area contributed by atoms with Crippen molar-refractivity contribution in [3.63, 3.8) is 0 Å². The first-order valence-electron chi connectivity index (χ1n) is 12.5. The Morgan fingerprint density at radius 2 is 1.81 bits per heavy atom. The van der Waals surface area contributed by atoms with Crippen LogP contribution in [0.3, 0.4) is 0 Å². The summed E-state index contributed by atoms with van der Waals surface area (Å²) in [5, 5.41) is 33.2. The molecule has 1 fully saturated rings. The number of nitrogens with one attached hydrogen (secondary N) is 2. The number of carboxylic acids is 2. The van der Waals surface area contributed by atoms with E-state index in [0.29, 0.717) is 32.0 Å². The molecule has 2 aromatic rings. The van der Waals surface area contributed by atoms with Gasteiger partial charge in [-0.3, -0.25) is 19.3 Å². The molecule has 0 bridgehead atoms. The van der Waals surface area contributed by atoms with Crippen molar-refractivity contribution in [1.29, 1.82) is 0 Å². The summed E-state index contributed by atoms with van der Waals surface area (Å²) in [6.45, 7) is -0.893. The quantitative estimate of drug-likeness (QED) is 0.117. The summed E-state index contributed by atoms with van der Waals surface area (Å²) in [4.78, 5) is 63.3. The van der Waals surface area contributed by atoms with E-state index in [0.717, 1.165) is 4.90 Å². The molecule has 17 heteroatoms. The highest BCUT2D eigenvalue weighted by Gasteiger charge is 2.54. The second-order valence-electron chi connectivity index (χ2n) is 9.21. The van der Waals surface area contributed by atoms with E-state index in [1.807, 2.05) is 0 Å². The molecule has 0 spiro atoms. The summed E-state index contributed by atoms with van der Waals surface area (Å²) >= 11 is 16.0. The highest BCUT2D eigenvalue weighted by molar-refractivity contribution is 8.01. The number of rotatable bonds is 13. The second kappa shape index (κ2) is 14.7. The summed E-state index contributed by atoms with van der Waals surface area (Å²) < 4.78 is 1.52. The number of thioether (sulfide) groups is 3. The number of carboxylic acid groups (broad SMARTS) is 2. The highest BCUT2D eigenvalue weighted by atomic mass is 35.5. The fourth-order valence-corrected chi connectivity index (χ4v) is 7.82. The second-order valence-corrected chi connectivity index (χ2v) is 13.2. The number of fused-ring (bicyclic) bond motifs is 1. The molecule has 2 aliphatic heterocycles. The van der Waals surface area contributed by atoms with Crippen molar-refractivity contribution in [3.05, 3.63) is 64.0 Å². The van der Waals surface area contributed by atoms with Crippen LogP contribution in [0.1, 0.15) is 0 Å². The van der Waals surface area contributed by atoms with Gasteiger partial charge in [-0.15, -0.1) is 35.3 Å². The number of aliphatic hydroxyl groups is 1. The number of nitrogens with zero attached hydrogens (tertiary/aromatic N) is 2.